The maximum absolute atomic E-state index is 13.2. The van der Waals surface area contributed by atoms with Gasteiger partial charge in [-0.3, -0.25) is 0 Å². The summed E-state index contributed by atoms with van der Waals surface area (Å²) in [6.45, 7) is 0.427. The lowest BCUT2D eigenvalue weighted by molar-refractivity contribution is -0.144. The van der Waals surface area contributed by atoms with Gasteiger partial charge in [0.25, 0.3) is 0 Å². The third-order valence-corrected chi connectivity index (χ3v) is 3.76. The van der Waals surface area contributed by atoms with Gasteiger partial charge in [-0.05, 0) is 17.7 Å². The fourth-order valence-corrected chi connectivity index (χ4v) is 2.57. The van der Waals surface area contributed by atoms with Gasteiger partial charge in [-0.1, -0.05) is 30.3 Å². The molecule has 25 heavy (non-hydrogen) atoms. The van der Waals surface area contributed by atoms with E-state index in [4.69, 9.17) is 4.74 Å². The predicted molar refractivity (Wildman–Crippen MR) is 89.6 cm³/mol. The van der Waals surface area contributed by atoms with Crippen LogP contribution in [0.15, 0.2) is 48.5 Å². The molecule has 4 nitrogen and oxygen atoms in total. The number of aromatic nitrogens is 2. The highest BCUT2D eigenvalue weighted by atomic mass is 19.4. The van der Waals surface area contributed by atoms with Gasteiger partial charge >= 0.3 is 6.18 Å². The van der Waals surface area contributed by atoms with Crippen LogP contribution < -0.4 is 9.64 Å². The smallest absolute Gasteiger partial charge is 0.451 e. The van der Waals surface area contributed by atoms with Crippen LogP contribution in [-0.4, -0.2) is 24.1 Å². The van der Waals surface area contributed by atoms with E-state index in [0.29, 0.717) is 17.7 Å². The highest BCUT2D eigenvalue weighted by Gasteiger charge is 2.36. The lowest BCUT2D eigenvalue weighted by atomic mass is 10.2. The van der Waals surface area contributed by atoms with Crippen LogP contribution in [0.1, 0.15) is 11.4 Å². The molecular weight excluding hydrogens is 331 g/mol. The number of ether oxygens (including phenoxy) is 1. The topological polar surface area (TPSA) is 38.2 Å². The van der Waals surface area contributed by atoms with E-state index < -0.39 is 12.0 Å². The monoisotopic (exact) mass is 347 g/mol. The number of hydrogen-bond acceptors (Lipinski definition) is 4. The minimum absolute atomic E-state index is 0.191. The van der Waals surface area contributed by atoms with Gasteiger partial charge in [-0.25, -0.2) is 9.97 Å². The van der Waals surface area contributed by atoms with Crippen LogP contribution in [0.3, 0.4) is 0 Å². The Kier molecular flexibility index (Phi) is 4.48. The van der Waals surface area contributed by atoms with Gasteiger partial charge in [0.2, 0.25) is 5.82 Å². The molecule has 0 radical (unpaired) electrons. The number of halogens is 3. The molecule has 3 rings (SSSR count). The summed E-state index contributed by atoms with van der Waals surface area (Å²) in [7, 11) is 3.16. The van der Waals surface area contributed by atoms with Gasteiger partial charge < -0.3 is 9.64 Å². The number of methoxy groups -OCH3 is 1. The zero-order chi connectivity index (χ0) is 18.0. The molecule has 0 spiro atoms. The average Bonchev–Trinajstić information content (AvgIpc) is 2.60. The molecule has 0 fully saturated rings. The molecule has 1 aromatic heterocycles. The molecule has 0 unspecified atom stereocenters. The summed E-state index contributed by atoms with van der Waals surface area (Å²) in [6.07, 6.45) is -4.63. The van der Waals surface area contributed by atoms with E-state index >= 15 is 0 Å². The van der Waals surface area contributed by atoms with Gasteiger partial charge in [0.05, 0.1) is 12.6 Å². The van der Waals surface area contributed by atoms with Crippen LogP contribution in [0, 0.1) is 0 Å². The second-order valence-electron chi connectivity index (χ2n) is 5.59. The molecule has 0 N–H and O–H groups in total. The Morgan fingerprint density at radius 1 is 1.04 bits per heavy atom. The molecule has 7 heteroatoms. The van der Waals surface area contributed by atoms with E-state index in [1.54, 1.807) is 24.1 Å². The number of nitrogens with zero attached hydrogens (tertiary/aromatic N) is 3. The number of benzene rings is 2. The molecule has 0 amide bonds. The summed E-state index contributed by atoms with van der Waals surface area (Å²) in [5.74, 6) is -0.497. The van der Waals surface area contributed by atoms with Crippen molar-refractivity contribution in [1.29, 1.82) is 0 Å². The van der Waals surface area contributed by atoms with E-state index in [9.17, 15) is 13.2 Å². The molecular formula is C18H16F3N3O. The normalized spacial score (nSPS) is 11.6. The van der Waals surface area contributed by atoms with Crippen molar-refractivity contribution >= 4 is 16.7 Å². The first-order chi connectivity index (χ1) is 11.9. The molecule has 0 aliphatic rings. The van der Waals surface area contributed by atoms with E-state index in [1.807, 2.05) is 30.3 Å². The second-order valence-corrected chi connectivity index (χ2v) is 5.59. The van der Waals surface area contributed by atoms with E-state index in [1.165, 1.54) is 13.2 Å². The third kappa shape index (κ3) is 3.65. The van der Waals surface area contributed by atoms with Crippen LogP contribution in [0.5, 0.6) is 5.75 Å². The fraction of sp³-hybridized carbons (Fsp3) is 0.222. The second kappa shape index (κ2) is 6.58. The SMILES string of the molecule is COc1ccc2c(N(C)Cc3ccccc3)nc(C(F)(F)F)nc2c1. The Bertz CT molecular complexity index is 882. The first-order valence-electron chi connectivity index (χ1n) is 7.56. The minimum Gasteiger partial charge on any atom is -0.497 e. The number of anilines is 1. The van der Waals surface area contributed by atoms with E-state index in [-0.39, 0.29) is 11.3 Å². The number of rotatable bonds is 4. The summed E-state index contributed by atoms with van der Waals surface area (Å²) in [5.41, 5.74) is 1.16. The standard InChI is InChI=1S/C18H16F3N3O/c1-24(11-12-6-4-3-5-7-12)16-14-9-8-13(25-2)10-15(14)22-17(23-16)18(19,20)21/h3-10H,11H2,1-2H3. The highest BCUT2D eigenvalue weighted by molar-refractivity contribution is 5.90. The summed E-state index contributed by atoms with van der Waals surface area (Å²) in [4.78, 5) is 9.12. The van der Waals surface area contributed by atoms with Crippen molar-refractivity contribution in [2.24, 2.45) is 0 Å². The Hall–Kier alpha value is -2.83. The van der Waals surface area contributed by atoms with Crippen LogP contribution in [0.25, 0.3) is 10.9 Å². The summed E-state index contributed by atoms with van der Waals surface area (Å²) >= 11 is 0. The van der Waals surface area contributed by atoms with Gasteiger partial charge in [-0.15, -0.1) is 0 Å². The lowest BCUT2D eigenvalue weighted by Gasteiger charge is -2.21. The molecule has 130 valence electrons. The van der Waals surface area contributed by atoms with Crippen LogP contribution in [0.4, 0.5) is 19.0 Å². The summed E-state index contributed by atoms with van der Waals surface area (Å²) in [5, 5.41) is 0.534. The molecule has 0 bridgehead atoms. The molecule has 0 atom stereocenters. The van der Waals surface area contributed by atoms with Crippen LogP contribution >= 0.6 is 0 Å². The van der Waals surface area contributed by atoms with Crippen molar-refractivity contribution in [2.45, 2.75) is 12.7 Å². The van der Waals surface area contributed by atoms with Crippen molar-refractivity contribution < 1.29 is 17.9 Å². The number of hydrogen-bond donors (Lipinski definition) is 0. The Morgan fingerprint density at radius 3 is 2.40 bits per heavy atom. The van der Waals surface area contributed by atoms with Crippen molar-refractivity contribution in [3.8, 4) is 5.75 Å². The van der Waals surface area contributed by atoms with Crippen LogP contribution in [-0.2, 0) is 12.7 Å². The van der Waals surface area contributed by atoms with Crippen LogP contribution in [0.2, 0.25) is 0 Å². The summed E-state index contributed by atoms with van der Waals surface area (Å²) in [6, 6.07) is 14.3. The molecule has 0 saturated heterocycles. The number of fused-ring (bicyclic) bond motifs is 1. The van der Waals surface area contributed by atoms with Gasteiger partial charge in [0.1, 0.15) is 11.6 Å². The summed E-state index contributed by atoms with van der Waals surface area (Å²) < 4.78 is 44.7. The zero-order valence-corrected chi connectivity index (χ0v) is 13.7. The molecule has 0 aliphatic carbocycles. The Morgan fingerprint density at radius 2 is 1.76 bits per heavy atom. The first kappa shape index (κ1) is 17.0. The third-order valence-electron chi connectivity index (χ3n) is 3.76. The quantitative estimate of drug-likeness (QED) is 0.706. The maximum atomic E-state index is 13.2. The first-order valence-corrected chi connectivity index (χ1v) is 7.56. The predicted octanol–water partition coefficient (Wildman–Crippen LogP) is 4.29. The zero-order valence-electron chi connectivity index (χ0n) is 13.7. The largest absolute Gasteiger partial charge is 0.497 e. The van der Waals surface area contributed by atoms with Crippen molar-refractivity contribution in [1.82, 2.24) is 9.97 Å². The fourth-order valence-electron chi connectivity index (χ4n) is 2.57. The van der Waals surface area contributed by atoms with Crippen molar-refractivity contribution in [3.63, 3.8) is 0 Å². The molecule has 0 saturated carbocycles. The number of alkyl halides is 3. The van der Waals surface area contributed by atoms with E-state index in [2.05, 4.69) is 9.97 Å². The Labute approximate surface area is 142 Å². The maximum Gasteiger partial charge on any atom is 0.451 e. The van der Waals surface area contributed by atoms with Crippen molar-refractivity contribution in [2.75, 3.05) is 19.1 Å². The Balaban J connectivity index is 2.11. The van der Waals surface area contributed by atoms with E-state index in [0.717, 1.165) is 5.56 Å². The van der Waals surface area contributed by atoms with Crippen molar-refractivity contribution in [3.05, 3.63) is 59.9 Å². The highest BCUT2D eigenvalue weighted by Crippen LogP contribution is 2.33. The lowest BCUT2D eigenvalue weighted by Crippen LogP contribution is -2.21. The molecule has 0 aliphatic heterocycles. The van der Waals surface area contributed by atoms with Gasteiger partial charge in [-0.2, -0.15) is 13.2 Å². The van der Waals surface area contributed by atoms with Gasteiger partial charge in [0.15, 0.2) is 0 Å². The molecule has 3 aromatic rings. The molecule has 2 aromatic carbocycles. The minimum atomic E-state index is -4.63. The average molecular weight is 347 g/mol. The molecule has 1 heterocycles. The van der Waals surface area contributed by atoms with Gasteiger partial charge in [0, 0.05) is 25.0 Å².